The van der Waals surface area contributed by atoms with Crippen LogP contribution in [0.2, 0.25) is 0 Å². The topological polar surface area (TPSA) is 92.8 Å². The zero-order valence-electron chi connectivity index (χ0n) is 10.3. The highest BCUT2D eigenvalue weighted by Gasteiger charge is 2.40. The zero-order chi connectivity index (χ0) is 13.3. The Morgan fingerprint density at radius 2 is 2.17 bits per heavy atom. The summed E-state index contributed by atoms with van der Waals surface area (Å²) in [5.74, 6) is -0.930. The van der Waals surface area contributed by atoms with E-state index in [0.29, 0.717) is 12.3 Å². The molecule has 0 amide bonds. The zero-order valence-corrected chi connectivity index (χ0v) is 10.3. The van der Waals surface area contributed by atoms with Gasteiger partial charge in [0.1, 0.15) is 17.1 Å². The van der Waals surface area contributed by atoms with Gasteiger partial charge in [-0.2, -0.15) is 0 Å². The Bertz CT molecular complexity index is 475. The van der Waals surface area contributed by atoms with E-state index in [-0.39, 0.29) is 16.7 Å². The Labute approximate surface area is 105 Å². The van der Waals surface area contributed by atoms with E-state index in [4.69, 9.17) is 15.6 Å². The second-order valence-electron chi connectivity index (χ2n) is 4.71. The molecule has 1 saturated carbocycles. The van der Waals surface area contributed by atoms with Crippen LogP contribution in [0.5, 0.6) is 11.5 Å². The van der Waals surface area contributed by atoms with Gasteiger partial charge in [-0.25, -0.2) is 4.79 Å². The van der Waals surface area contributed by atoms with Crippen LogP contribution in [-0.4, -0.2) is 29.8 Å². The third-order valence-corrected chi connectivity index (χ3v) is 3.82. The van der Waals surface area contributed by atoms with Crippen LogP contribution in [0.4, 0.5) is 0 Å². The smallest absolute Gasteiger partial charge is 0.339 e. The average Bonchev–Trinajstić information content (AvgIpc) is 2.29. The number of carboxylic acid groups (broad SMARTS) is 1. The molecule has 0 saturated heterocycles. The quantitative estimate of drug-likeness (QED) is 0.753. The second-order valence-corrected chi connectivity index (χ2v) is 4.71. The molecule has 98 valence electrons. The summed E-state index contributed by atoms with van der Waals surface area (Å²) in [6, 6.07) is 2.84. The minimum absolute atomic E-state index is 0.106. The summed E-state index contributed by atoms with van der Waals surface area (Å²) < 4.78 is 5.24. The lowest BCUT2D eigenvalue weighted by Crippen LogP contribution is -2.41. The number of nitrogens with two attached hydrogens (primary N) is 1. The standard InChI is InChI=1S/C13H17NO4/c1-18-11-6-10(15)8(12(16)17)5-9(11)13(7-14)3-2-4-13/h5-6,15H,2-4,7,14H2,1H3,(H,16,17). The monoisotopic (exact) mass is 251 g/mol. The molecule has 1 aromatic carbocycles. The van der Waals surface area contributed by atoms with Gasteiger partial charge in [0.05, 0.1) is 7.11 Å². The lowest BCUT2D eigenvalue weighted by Gasteiger charge is -2.42. The summed E-state index contributed by atoms with van der Waals surface area (Å²) in [5, 5.41) is 18.7. The van der Waals surface area contributed by atoms with Gasteiger partial charge < -0.3 is 20.7 Å². The maximum atomic E-state index is 11.1. The second kappa shape index (κ2) is 4.49. The largest absolute Gasteiger partial charge is 0.507 e. The van der Waals surface area contributed by atoms with E-state index >= 15 is 0 Å². The highest BCUT2D eigenvalue weighted by molar-refractivity contribution is 5.91. The molecule has 0 bridgehead atoms. The molecule has 0 aromatic heterocycles. The van der Waals surface area contributed by atoms with Crippen LogP contribution in [0.3, 0.4) is 0 Å². The molecule has 0 heterocycles. The van der Waals surface area contributed by atoms with Crippen LogP contribution in [0.15, 0.2) is 12.1 Å². The molecule has 0 unspecified atom stereocenters. The Balaban J connectivity index is 2.57. The first-order valence-electron chi connectivity index (χ1n) is 5.89. The Kier molecular flexibility index (Phi) is 3.17. The number of benzene rings is 1. The number of ether oxygens (including phenoxy) is 1. The maximum Gasteiger partial charge on any atom is 0.339 e. The molecule has 5 heteroatoms. The minimum Gasteiger partial charge on any atom is -0.507 e. The van der Waals surface area contributed by atoms with E-state index < -0.39 is 5.97 Å². The maximum absolute atomic E-state index is 11.1. The number of methoxy groups -OCH3 is 1. The van der Waals surface area contributed by atoms with Gasteiger partial charge in [-0.3, -0.25) is 0 Å². The van der Waals surface area contributed by atoms with Gasteiger partial charge in [0.15, 0.2) is 0 Å². The number of phenols is 1. The molecule has 0 radical (unpaired) electrons. The SMILES string of the molecule is COc1cc(O)c(C(=O)O)cc1C1(CN)CCC1. The van der Waals surface area contributed by atoms with Gasteiger partial charge in [0.25, 0.3) is 0 Å². The molecule has 0 aliphatic heterocycles. The summed E-state index contributed by atoms with van der Waals surface area (Å²) >= 11 is 0. The van der Waals surface area contributed by atoms with Crippen molar-refractivity contribution in [3.63, 3.8) is 0 Å². The number of hydrogen-bond donors (Lipinski definition) is 3. The van der Waals surface area contributed by atoms with Crippen molar-refractivity contribution in [2.24, 2.45) is 5.73 Å². The van der Waals surface area contributed by atoms with E-state index in [1.54, 1.807) is 0 Å². The Hall–Kier alpha value is -1.75. The predicted octanol–water partition coefficient (Wildman–Crippen LogP) is 1.48. The molecule has 1 aliphatic carbocycles. The highest BCUT2D eigenvalue weighted by atomic mass is 16.5. The summed E-state index contributed by atoms with van der Waals surface area (Å²) in [5.41, 5.74) is 6.30. The van der Waals surface area contributed by atoms with Gasteiger partial charge >= 0.3 is 5.97 Å². The lowest BCUT2D eigenvalue weighted by atomic mass is 9.64. The minimum atomic E-state index is -1.15. The molecule has 5 nitrogen and oxygen atoms in total. The van der Waals surface area contributed by atoms with Crippen LogP contribution in [0.25, 0.3) is 0 Å². The van der Waals surface area contributed by atoms with Gasteiger partial charge in [-0.05, 0) is 18.9 Å². The normalized spacial score (nSPS) is 17.0. The van der Waals surface area contributed by atoms with Gasteiger partial charge in [0.2, 0.25) is 0 Å². The van der Waals surface area contributed by atoms with Gasteiger partial charge in [-0.1, -0.05) is 6.42 Å². The van der Waals surface area contributed by atoms with E-state index in [2.05, 4.69) is 0 Å². The highest BCUT2D eigenvalue weighted by Crippen LogP contribution is 2.47. The van der Waals surface area contributed by atoms with Crippen LogP contribution in [0.1, 0.15) is 35.2 Å². The lowest BCUT2D eigenvalue weighted by molar-refractivity contribution is 0.0693. The number of hydrogen-bond acceptors (Lipinski definition) is 4. The van der Waals surface area contributed by atoms with Crippen molar-refractivity contribution in [1.29, 1.82) is 0 Å². The predicted molar refractivity (Wildman–Crippen MR) is 66.2 cm³/mol. The third-order valence-electron chi connectivity index (χ3n) is 3.82. The summed E-state index contributed by atoms with van der Waals surface area (Å²) in [7, 11) is 1.50. The average molecular weight is 251 g/mol. The Morgan fingerprint density at radius 3 is 2.56 bits per heavy atom. The summed E-state index contributed by atoms with van der Waals surface area (Å²) in [6.07, 6.45) is 2.91. The summed E-state index contributed by atoms with van der Waals surface area (Å²) in [6.45, 7) is 0.452. The molecule has 1 fully saturated rings. The van der Waals surface area contributed by atoms with Gasteiger partial charge in [0, 0.05) is 23.6 Å². The molecule has 2 rings (SSSR count). The first-order valence-corrected chi connectivity index (χ1v) is 5.89. The number of rotatable bonds is 4. The molecule has 18 heavy (non-hydrogen) atoms. The van der Waals surface area contributed by atoms with E-state index in [1.165, 1.54) is 19.2 Å². The van der Waals surface area contributed by atoms with Crippen molar-refractivity contribution in [2.75, 3.05) is 13.7 Å². The fraction of sp³-hybridized carbons (Fsp3) is 0.462. The van der Waals surface area contributed by atoms with Crippen molar-refractivity contribution in [1.82, 2.24) is 0 Å². The number of aromatic carboxylic acids is 1. The van der Waals surface area contributed by atoms with Crippen molar-refractivity contribution in [3.8, 4) is 11.5 Å². The summed E-state index contributed by atoms with van der Waals surface area (Å²) in [4.78, 5) is 11.1. The number of aromatic hydroxyl groups is 1. The van der Waals surface area contributed by atoms with Gasteiger partial charge in [-0.15, -0.1) is 0 Å². The molecular weight excluding hydrogens is 234 g/mol. The number of carboxylic acids is 1. The van der Waals surface area contributed by atoms with Crippen molar-refractivity contribution < 1.29 is 19.7 Å². The van der Waals surface area contributed by atoms with Crippen molar-refractivity contribution >= 4 is 5.97 Å². The number of carbonyl (C=O) groups is 1. The van der Waals surface area contributed by atoms with Crippen LogP contribution < -0.4 is 10.5 Å². The van der Waals surface area contributed by atoms with Crippen molar-refractivity contribution in [2.45, 2.75) is 24.7 Å². The fourth-order valence-electron chi connectivity index (χ4n) is 2.51. The third kappa shape index (κ3) is 1.80. The molecule has 4 N–H and O–H groups in total. The van der Waals surface area contributed by atoms with Crippen LogP contribution in [-0.2, 0) is 5.41 Å². The van der Waals surface area contributed by atoms with Crippen LogP contribution >= 0.6 is 0 Å². The molecule has 0 atom stereocenters. The Morgan fingerprint density at radius 1 is 1.50 bits per heavy atom. The molecular formula is C13H17NO4. The molecule has 0 spiro atoms. The molecule has 1 aliphatic rings. The van der Waals surface area contributed by atoms with E-state index in [1.807, 2.05) is 0 Å². The fourth-order valence-corrected chi connectivity index (χ4v) is 2.51. The van der Waals surface area contributed by atoms with E-state index in [9.17, 15) is 9.90 Å². The first kappa shape index (κ1) is 12.7. The van der Waals surface area contributed by atoms with E-state index in [0.717, 1.165) is 24.8 Å². The van der Waals surface area contributed by atoms with Crippen LogP contribution in [0, 0.1) is 0 Å². The first-order chi connectivity index (χ1) is 8.54. The molecule has 1 aromatic rings. The van der Waals surface area contributed by atoms with Crippen molar-refractivity contribution in [3.05, 3.63) is 23.3 Å².